The molecule has 0 aromatic carbocycles. The third-order valence-electron chi connectivity index (χ3n) is 5.90. The van der Waals surface area contributed by atoms with Crippen molar-refractivity contribution in [1.82, 2.24) is 20.1 Å². The maximum absolute atomic E-state index is 12.8. The fraction of sp³-hybridized carbons (Fsp3) is 0.700. The minimum atomic E-state index is 0.0530. The lowest BCUT2D eigenvalue weighted by Gasteiger charge is -2.37. The number of hydrogen-bond donors (Lipinski definition) is 1. The third kappa shape index (κ3) is 4.59. The van der Waals surface area contributed by atoms with Crippen molar-refractivity contribution in [1.29, 1.82) is 0 Å². The molecule has 2 saturated heterocycles. The van der Waals surface area contributed by atoms with Crippen molar-refractivity contribution in [2.45, 2.75) is 45.1 Å². The molecule has 5 heteroatoms. The van der Waals surface area contributed by atoms with Gasteiger partial charge in [-0.2, -0.15) is 0 Å². The number of hydrogen-bond acceptors (Lipinski definition) is 4. The second-order valence-corrected chi connectivity index (χ2v) is 7.90. The molecule has 1 N–H and O–H groups in total. The lowest BCUT2D eigenvalue weighted by atomic mass is 9.76. The largest absolute Gasteiger partial charge is 0.354 e. The zero-order valence-corrected chi connectivity index (χ0v) is 15.7. The average molecular weight is 345 g/mol. The molecule has 0 aliphatic carbocycles. The summed E-state index contributed by atoms with van der Waals surface area (Å²) >= 11 is 0. The Kier molecular flexibility index (Phi) is 6.07. The molecule has 0 saturated carbocycles. The fourth-order valence-corrected chi connectivity index (χ4v) is 4.37. The quantitative estimate of drug-likeness (QED) is 0.857. The molecule has 0 unspecified atom stereocenters. The van der Waals surface area contributed by atoms with Crippen molar-refractivity contribution in [3.63, 3.8) is 0 Å². The van der Waals surface area contributed by atoms with Crippen LogP contribution in [0.15, 0.2) is 24.5 Å². The molecule has 25 heavy (non-hydrogen) atoms. The molecular weight excluding hydrogens is 312 g/mol. The molecule has 2 aliphatic rings. The Morgan fingerprint density at radius 3 is 2.88 bits per heavy atom. The van der Waals surface area contributed by atoms with Crippen LogP contribution < -0.4 is 5.32 Å². The highest BCUT2D eigenvalue weighted by Gasteiger charge is 2.47. The number of nitrogens with zero attached hydrogens (tertiary/aromatic N) is 3. The minimum Gasteiger partial charge on any atom is -0.354 e. The molecule has 1 amide bonds. The first-order valence-corrected chi connectivity index (χ1v) is 9.71. The van der Waals surface area contributed by atoms with Crippen LogP contribution in [0.2, 0.25) is 0 Å². The van der Waals surface area contributed by atoms with E-state index < -0.39 is 0 Å². The van der Waals surface area contributed by atoms with Crippen molar-refractivity contribution >= 4 is 5.91 Å². The first-order chi connectivity index (χ1) is 12.1. The SMILES string of the molecule is CCCN1CC2(CCN(C)CC2)C[C@@H]1C(=O)NCCc1cccnc1. The van der Waals surface area contributed by atoms with E-state index in [-0.39, 0.29) is 11.9 Å². The van der Waals surface area contributed by atoms with Crippen molar-refractivity contribution in [2.24, 2.45) is 5.41 Å². The van der Waals surface area contributed by atoms with Crippen LogP contribution in [0.3, 0.4) is 0 Å². The van der Waals surface area contributed by atoms with Gasteiger partial charge in [0.25, 0.3) is 0 Å². The average Bonchev–Trinajstić information content (AvgIpc) is 2.97. The van der Waals surface area contributed by atoms with E-state index in [4.69, 9.17) is 0 Å². The molecule has 3 heterocycles. The van der Waals surface area contributed by atoms with Gasteiger partial charge in [-0.05, 0) is 75.8 Å². The Hall–Kier alpha value is -1.46. The van der Waals surface area contributed by atoms with E-state index in [2.05, 4.69) is 40.1 Å². The Bertz CT molecular complexity index is 554. The van der Waals surface area contributed by atoms with Gasteiger partial charge in [-0.3, -0.25) is 14.7 Å². The van der Waals surface area contributed by atoms with E-state index >= 15 is 0 Å². The van der Waals surface area contributed by atoms with Crippen molar-refractivity contribution in [3.8, 4) is 0 Å². The normalized spacial score (nSPS) is 23.8. The summed E-state index contributed by atoms with van der Waals surface area (Å²) in [6.45, 7) is 7.34. The first-order valence-electron chi connectivity index (χ1n) is 9.71. The Labute approximate surface area is 151 Å². The van der Waals surface area contributed by atoms with Crippen molar-refractivity contribution in [3.05, 3.63) is 30.1 Å². The van der Waals surface area contributed by atoms with Gasteiger partial charge in [0.2, 0.25) is 5.91 Å². The summed E-state index contributed by atoms with van der Waals surface area (Å²) in [4.78, 5) is 21.8. The number of pyridine rings is 1. The van der Waals surface area contributed by atoms with Gasteiger partial charge in [-0.25, -0.2) is 0 Å². The van der Waals surface area contributed by atoms with E-state index in [1.54, 1.807) is 6.20 Å². The second kappa shape index (κ2) is 8.28. The predicted octanol–water partition coefficient (Wildman–Crippen LogP) is 1.94. The highest BCUT2D eigenvalue weighted by molar-refractivity contribution is 5.82. The van der Waals surface area contributed by atoms with Crippen LogP contribution in [-0.2, 0) is 11.2 Å². The maximum Gasteiger partial charge on any atom is 0.237 e. The summed E-state index contributed by atoms with van der Waals surface area (Å²) in [6, 6.07) is 4.06. The Morgan fingerprint density at radius 2 is 2.20 bits per heavy atom. The van der Waals surface area contributed by atoms with Crippen LogP contribution in [-0.4, -0.2) is 66.5 Å². The van der Waals surface area contributed by atoms with E-state index in [1.165, 1.54) is 18.4 Å². The summed E-state index contributed by atoms with van der Waals surface area (Å²) in [7, 11) is 2.20. The van der Waals surface area contributed by atoms with E-state index in [1.807, 2.05) is 12.3 Å². The fourth-order valence-electron chi connectivity index (χ4n) is 4.37. The molecule has 1 aromatic heterocycles. The molecule has 1 spiro atoms. The van der Waals surface area contributed by atoms with E-state index in [0.717, 1.165) is 45.4 Å². The summed E-state index contributed by atoms with van der Waals surface area (Å²) in [6.07, 6.45) is 9.08. The molecule has 138 valence electrons. The minimum absolute atomic E-state index is 0.0530. The van der Waals surface area contributed by atoms with Gasteiger partial charge in [0.05, 0.1) is 6.04 Å². The number of piperidine rings is 1. The lowest BCUT2D eigenvalue weighted by molar-refractivity contribution is -0.125. The van der Waals surface area contributed by atoms with E-state index in [9.17, 15) is 4.79 Å². The smallest absolute Gasteiger partial charge is 0.237 e. The van der Waals surface area contributed by atoms with Crippen LogP contribution in [0.4, 0.5) is 0 Å². The van der Waals surface area contributed by atoms with Crippen LogP contribution in [0, 0.1) is 5.41 Å². The molecule has 5 nitrogen and oxygen atoms in total. The number of nitrogens with one attached hydrogen (secondary N) is 1. The van der Waals surface area contributed by atoms with Gasteiger partial charge in [-0.15, -0.1) is 0 Å². The number of carbonyl (C=O) groups is 1. The highest BCUT2D eigenvalue weighted by Crippen LogP contribution is 2.43. The summed E-state index contributed by atoms with van der Waals surface area (Å²) in [5.41, 5.74) is 1.53. The van der Waals surface area contributed by atoms with Gasteiger partial charge in [0.15, 0.2) is 0 Å². The summed E-state index contributed by atoms with van der Waals surface area (Å²) < 4.78 is 0. The third-order valence-corrected chi connectivity index (χ3v) is 5.90. The molecule has 3 rings (SSSR count). The second-order valence-electron chi connectivity index (χ2n) is 7.90. The Morgan fingerprint density at radius 1 is 1.40 bits per heavy atom. The van der Waals surface area contributed by atoms with Gasteiger partial charge in [0.1, 0.15) is 0 Å². The molecule has 0 bridgehead atoms. The maximum atomic E-state index is 12.8. The van der Waals surface area contributed by atoms with Gasteiger partial charge < -0.3 is 10.2 Å². The number of rotatable bonds is 6. The van der Waals surface area contributed by atoms with Crippen molar-refractivity contribution < 1.29 is 4.79 Å². The topological polar surface area (TPSA) is 48.5 Å². The number of aromatic nitrogens is 1. The van der Waals surface area contributed by atoms with Crippen molar-refractivity contribution in [2.75, 3.05) is 39.8 Å². The monoisotopic (exact) mass is 344 g/mol. The molecule has 0 radical (unpaired) electrons. The van der Waals surface area contributed by atoms with E-state index in [0.29, 0.717) is 12.0 Å². The standard InChI is InChI=1S/C20H32N4O/c1-3-11-24-16-20(7-12-23(2)13-8-20)14-18(24)19(25)22-10-6-17-5-4-9-21-15-17/h4-5,9,15,18H,3,6-8,10-14,16H2,1-2H3,(H,22,25)/t18-/m1/s1. The number of carbonyl (C=O) groups excluding carboxylic acids is 1. The number of amides is 1. The van der Waals surface area contributed by atoms with Crippen LogP contribution in [0.1, 0.15) is 38.2 Å². The zero-order chi connectivity index (χ0) is 17.7. The van der Waals surface area contributed by atoms with Crippen LogP contribution in [0.5, 0.6) is 0 Å². The predicted molar refractivity (Wildman–Crippen MR) is 100 cm³/mol. The number of likely N-dealkylation sites (tertiary alicyclic amines) is 2. The highest BCUT2D eigenvalue weighted by atomic mass is 16.2. The van der Waals surface area contributed by atoms with Crippen LogP contribution >= 0.6 is 0 Å². The lowest BCUT2D eigenvalue weighted by Crippen LogP contribution is -2.44. The Balaban J connectivity index is 1.55. The molecule has 1 atom stereocenters. The molecule has 1 aromatic rings. The summed E-state index contributed by atoms with van der Waals surface area (Å²) in [5, 5.41) is 3.17. The first kappa shape index (κ1) is 18.3. The van der Waals surface area contributed by atoms with Gasteiger partial charge in [-0.1, -0.05) is 13.0 Å². The van der Waals surface area contributed by atoms with Gasteiger partial charge >= 0.3 is 0 Å². The molecule has 2 aliphatic heterocycles. The molecule has 2 fully saturated rings. The van der Waals surface area contributed by atoms with Crippen LogP contribution in [0.25, 0.3) is 0 Å². The summed E-state index contributed by atoms with van der Waals surface area (Å²) in [5.74, 6) is 0.216. The molecular formula is C20H32N4O. The zero-order valence-electron chi connectivity index (χ0n) is 15.7. The van der Waals surface area contributed by atoms with Gasteiger partial charge in [0, 0.05) is 25.5 Å².